The molecule has 1 spiro atoms. The molecule has 3 aliphatic heterocycles. The van der Waals surface area contributed by atoms with Crippen molar-refractivity contribution in [3.63, 3.8) is 0 Å². The first-order valence-corrected chi connectivity index (χ1v) is 16.7. The van der Waals surface area contributed by atoms with Crippen LogP contribution in [-0.2, 0) is 20.9 Å². The number of nitrogens with zero attached hydrogens (tertiary/aromatic N) is 2. The van der Waals surface area contributed by atoms with E-state index in [1.807, 2.05) is 84.9 Å². The molecule has 3 aliphatic rings. The molecule has 6 atom stereocenters. The van der Waals surface area contributed by atoms with Gasteiger partial charge in [-0.1, -0.05) is 60.7 Å². The van der Waals surface area contributed by atoms with E-state index in [4.69, 9.17) is 0 Å². The van der Waals surface area contributed by atoms with E-state index in [1.54, 1.807) is 16.7 Å². The van der Waals surface area contributed by atoms with Crippen LogP contribution in [0.3, 0.4) is 0 Å². The maximum Gasteiger partial charge on any atom is 0.248 e. The molecule has 3 fully saturated rings. The highest BCUT2D eigenvalue weighted by Crippen LogP contribution is 2.72. The Balaban J connectivity index is 1.35. The fourth-order valence-corrected chi connectivity index (χ4v) is 10.2. The van der Waals surface area contributed by atoms with Crippen molar-refractivity contribution in [1.82, 2.24) is 10.2 Å². The van der Waals surface area contributed by atoms with Gasteiger partial charge >= 0.3 is 0 Å². The summed E-state index contributed by atoms with van der Waals surface area (Å²) >= 11 is 1.63. The Bertz CT molecular complexity index is 1530. The molecule has 3 heterocycles. The van der Waals surface area contributed by atoms with Crippen LogP contribution in [0.15, 0.2) is 84.9 Å². The molecule has 3 saturated heterocycles. The highest BCUT2D eigenvalue weighted by molar-refractivity contribution is 8.02. The predicted octanol–water partition coefficient (Wildman–Crippen LogP) is 5.00. The third kappa shape index (κ3) is 5.40. The Labute approximate surface area is 269 Å². The first-order valence-electron chi connectivity index (χ1n) is 15.9. The minimum Gasteiger partial charge on any atom is -0.394 e. The standard InChI is InChI=1S/C36H42N4O4S/c1-4-39(5-2)27-18-16-26(17-19-27)38-33(43)31-36-21-20-35(3,45-36)29(32(42)37-22-24-12-8-6-9-13-24)30(36)34(44)40(31)28(23-41)25-14-10-7-11-15-25/h6-19,28-31,41H,4-5,20-23H2,1-3H3,(H,37,42)(H,38,43)/t28-,29-,30+,31?,35+,36?/m1/s1. The summed E-state index contributed by atoms with van der Waals surface area (Å²) in [6.45, 7) is 8.06. The summed E-state index contributed by atoms with van der Waals surface area (Å²) in [6.07, 6.45) is 1.35. The van der Waals surface area contributed by atoms with Gasteiger partial charge in [-0.2, -0.15) is 0 Å². The number of aliphatic hydroxyl groups excluding tert-OH is 1. The van der Waals surface area contributed by atoms with E-state index in [2.05, 4.69) is 36.3 Å². The number of thioether (sulfide) groups is 1. The number of hydrogen-bond acceptors (Lipinski definition) is 6. The van der Waals surface area contributed by atoms with E-state index in [0.717, 1.165) is 36.3 Å². The van der Waals surface area contributed by atoms with Crippen molar-refractivity contribution in [2.75, 3.05) is 29.9 Å². The predicted molar refractivity (Wildman–Crippen MR) is 179 cm³/mol. The first kappa shape index (κ1) is 31.2. The Morgan fingerprint density at radius 1 is 0.956 bits per heavy atom. The summed E-state index contributed by atoms with van der Waals surface area (Å²) in [5.74, 6) is -1.99. The van der Waals surface area contributed by atoms with Crippen LogP contribution in [0.5, 0.6) is 0 Å². The van der Waals surface area contributed by atoms with Crippen molar-refractivity contribution in [3.8, 4) is 0 Å². The van der Waals surface area contributed by atoms with Crippen molar-refractivity contribution in [3.05, 3.63) is 96.1 Å². The number of nitrogens with one attached hydrogen (secondary N) is 2. The van der Waals surface area contributed by atoms with Crippen molar-refractivity contribution >= 4 is 40.9 Å². The molecule has 0 aromatic heterocycles. The first-order chi connectivity index (χ1) is 21.8. The lowest BCUT2D eigenvalue weighted by molar-refractivity contribution is -0.142. The van der Waals surface area contributed by atoms with Gasteiger partial charge < -0.3 is 25.5 Å². The van der Waals surface area contributed by atoms with Crippen molar-refractivity contribution < 1.29 is 19.5 Å². The second-order valence-electron chi connectivity index (χ2n) is 12.5. The van der Waals surface area contributed by atoms with Gasteiger partial charge in [0.15, 0.2) is 0 Å². The van der Waals surface area contributed by atoms with E-state index in [-0.39, 0.29) is 24.3 Å². The van der Waals surface area contributed by atoms with E-state index < -0.39 is 33.4 Å². The fraction of sp³-hybridized carbons (Fsp3) is 0.417. The van der Waals surface area contributed by atoms with E-state index in [9.17, 15) is 19.5 Å². The highest BCUT2D eigenvalue weighted by Gasteiger charge is 2.77. The summed E-state index contributed by atoms with van der Waals surface area (Å²) in [6, 6.07) is 25.3. The third-order valence-corrected chi connectivity index (χ3v) is 12.0. The van der Waals surface area contributed by atoms with Gasteiger partial charge in [-0.15, -0.1) is 11.8 Å². The van der Waals surface area contributed by atoms with Crippen LogP contribution in [0.25, 0.3) is 0 Å². The number of likely N-dealkylation sites (tertiary alicyclic amines) is 1. The molecule has 8 nitrogen and oxygen atoms in total. The molecule has 3 aromatic rings. The van der Waals surface area contributed by atoms with Crippen LogP contribution in [0.2, 0.25) is 0 Å². The number of hydrogen-bond donors (Lipinski definition) is 3. The number of rotatable bonds is 11. The van der Waals surface area contributed by atoms with Crippen LogP contribution >= 0.6 is 11.8 Å². The SMILES string of the molecule is CCN(CC)c1ccc(NC(=O)C2N([C@H](CO)c3ccccc3)C(=O)[C@@H]3[C@H](C(=O)NCc4ccccc4)[C@]4(C)CCC23S4)cc1. The molecule has 2 unspecified atom stereocenters. The molecule has 6 rings (SSSR count). The Morgan fingerprint density at radius 2 is 1.60 bits per heavy atom. The minimum atomic E-state index is -0.867. The molecule has 0 radical (unpaired) electrons. The van der Waals surface area contributed by atoms with Gasteiger partial charge in [0, 0.05) is 35.8 Å². The van der Waals surface area contributed by atoms with E-state index >= 15 is 0 Å². The second-order valence-corrected chi connectivity index (χ2v) is 14.4. The third-order valence-electron chi connectivity index (χ3n) is 10.0. The fourth-order valence-electron chi connectivity index (χ4n) is 7.88. The van der Waals surface area contributed by atoms with Crippen molar-refractivity contribution in [2.45, 2.75) is 61.7 Å². The maximum absolute atomic E-state index is 14.7. The van der Waals surface area contributed by atoms with Crippen LogP contribution in [0.1, 0.15) is 50.8 Å². The number of carbonyl (C=O) groups is 3. The van der Waals surface area contributed by atoms with Gasteiger partial charge in [0.2, 0.25) is 17.7 Å². The Kier molecular flexibility index (Phi) is 8.68. The van der Waals surface area contributed by atoms with Crippen LogP contribution in [0, 0.1) is 11.8 Å². The van der Waals surface area contributed by atoms with Crippen LogP contribution in [0.4, 0.5) is 11.4 Å². The van der Waals surface area contributed by atoms with Crippen molar-refractivity contribution in [1.29, 1.82) is 0 Å². The van der Waals surface area contributed by atoms with E-state index in [0.29, 0.717) is 18.7 Å². The second kappa shape index (κ2) is 12.5. The Hall–Kier alpha value is -3.82. The normalized spacial score (nSPS) is 27.2. The van der Waals surface area contributed by atoms with Crippen LogP contribution < -0.4 is 15.5 Å². The molecule has 2 bridgehead atoms. The summed E-state index contributed by atoms with van der Waals surface area (Å²) < 4.78 is -1.29. The van der Waals surface area contributed by atoms with Crippen LogP contribution in [-0.4, -0.2) is 63.0 Å². The average Bonchev–Trinajstić information content (AvgIpc) is 3.63. The molecule has 236 valence electrons. The summed E-state index contributed by atoms with van der Waals surface area (Å²) in [5, 5.41) is 16.9. The molecule has 3 amide bonds. The Morgan fingerprint density at radius 3 is 2.22 bits per heavy atom. The molecule has 9 heteroatoms. The zero-order chi connectivity index (χ0) is 31.8. The lowest BCUT2D eigenvalue weighted by Crippen LogP contribution is -2.53. The summed E-state index contributed by atoms with van der Waals surface area (Å²) in [4.78, 5) is 46.9. The van der Waals surface area contributed by atoms with E-state index in [1.165, 1.54) is 0 Å². The van der Waals surface area contributed by atoms with Gasteiger partial charge in [0.25, 0.3) is 0 Å². The van der Waals surface area contributed by atoms with Gasteiger partial charge in [0.1, 0.15) is 6.04 Å². The number of carbonyl (C=O) groups excluding carboxylic acids is 3. The molecule has 3 N–H and O–H groups in total. The number of anilines is 2. The summed E-state index contributed by atoms with van der Waals surface area (Å²) in [7, 11) is 0. The average molecular weight is 627 g/mol. The van der Waals surface area contributed by atoms with Gasteiger partial charge in [0.05, 0.1) is 29.2 Å². The number of amides is 3. The maximum atomic E-state index is 14.7. The molecule has 3 aromatic carbocycles. The topological polar surface area (TPSA) is 102 Å². The molecule has 0 saturated carbocycles. The monoisotopic (exact) mass is 626 g/mol. The van der Waals surface area contributed by atoms with Gasteiger partial charge in [-0.3, -0.25) is 14.4 Å². The number of benzene rings is 3. The lowest BCUT2D eigenvalue weighted by atomic mass is 9.66. The molecule has 0 aliphatic carbocycles. The quantitative estimate of drug-likeness (QED) is 0.277. The summed E-state index contributed by atoms with van der Waals surface area (Å²) in [5.41, 5.74) is 3.45. The largest absolute Gasteiger partial charge is 0.394 e. The molecular formula is C36H42N4O4S. The number of aliphatic hydroxyl groups is 1. The molecule has 45 heavy (non-hydrogen) atoms. The van der Waals surface area contributed by atoms with Gasteiger partial charge in [-0.25, -0.2) is 0 Å². The molecular weight excluding hydrogens is 584 g/mol. The highest BCUT2D eigenvalue weighted by atomic mass is 32.2. The van der Waals surface area contributed by atoms with Gasteiger partial charge in [-0.05, 0) is 69.0 Å². The minimum absolute atomic E-state index is 0.165. The number of fused-ring (bicyclic) bond motifs is 1. The lowest BCUT2D eigenvalue weighted by Gasteiger charge is -2.37. The zero-order valence-electron chi connectivity index (χ0n) is 26.1. The smallest absolute Gasteiger partial charge is 0.248 e. The van der Waals surface area contributed by atoms with Crippen molar-refractivity contribution in [2.24, 2.45) is 11.8 Å². The zero-order valence-corrected chi connectivity index (χ0v) is 26.9.